The van der Waals surface area contributed by atoms with E-state index < -0.39 is 76.3 Å². The third-order valence-corrected chi connectivity index (χ3v) is 12.7. The SMILES string of the molecule is CC(C)(C)OP(=O)(CS(=O)(=O)C[C@H]1O[C@@H](n2ncc3c(OC(=O)NC4CCCC4)nc(Cl)nc32)[C@@H]2OC(C)(C)O[C@@H]21)OC(C)(C)C. The first-order chi connectivity index (χ1) is 21.1. The molecule has 2 saturated heterocycles. The average molecular weight is 708 g/mol. The topological polar surface area (TPSA) is 179 Å². The van der Waals surface area contributed by atoms with Crippen molar-refractivity contribution < 1.29 is 45.8 Å². The number of carbonyl (C=O) groups is 1. The molecule has 0 aromatic carbocycles. The van der Waals surface area contributed by atoms with Crippen molar-refractivity contribution in [1.82, 2.24) is 25.1 Å². The highest BCUT2D eigenvalue weighted by Gasteiger charge is 2.58. The summed E-state index contributed by atoms with van der Waals surface area (Å²) in [7, 11) is -8.26. The molecule has 1 saturated carbocycles. The molecular formula is C28H43ClN5O10PS. The molecule has 3 aliphatic rings. The molecule has 3 fully saturated rings. The molecule has 15 nitrogen and oxygen atoms in total. The maximum absolute atomic E-state index is 13.8. The van der Waals surface area contributed by atoms with Gasteiger partial charge in [-0.15, -0.1) is 0 Å². The van der Waals surface area contributed by atoms with Gasteiger partial charge in [0.2, 0.25) is 11.2 Å². The largest absolute Gasteiger partial charge is 0.414 e. The van der Waals surface area contributed by atoms with Gasteiger partial charge in [-0.1, -0.05) is 12.8 Å². The molecule has 4 heterocycles. The van der Waals surface area contributed by atoms with Crippen LogP contribution < -0.4 is 10.1 Å². The van der Waals surface area contributed by atoms with Crippen LogP contribution in [0.1, 0.15) is 87.3 Å². The van der Waals surface area contributed by atoms with Gasteiger partial charge >= 0.3 is 13.7 Å². The van der Waals surface area contributed by atoms with Gasteiger partial charge in [-0.2, -0.15) is 15.1 Å². The summed E-state index contributed by atoms with van der Waals surface area (Å²) >= 11 is 6.24. The van der Waals surface area contributed by atoms with E-state index in [0.717, 1.165) is 25.7 Å². The number of halogens is 1. The summed E-state index contributed by atoms with van der Waals surface area (Å²) in [6.45, 7) is 13.4. The summed E-state index contributed by atoms with van der Waals surface area (Å²) in [6.07, 6.45) is 0.810. The van der Waals surface area contributed by atoms with Crippen molar-refractivity contribution in [1.29, 1.82) is 0 Å². The van der Waals surface area contributed by atoms with Crippen molar-refractivity contribution in [2.75, 3.05) is 11.2 Å². The first-order valence-corrected chi connectivity index (χ1v) is 19.1. The van der Waals surface area contributed by atoms with E-state index in [2.05, 4.69) is 20.4 Å². The molecule has 0 unspecified atom stereocenters. The van der Waals surface area contributed by atoms with Crippen LogP contribution in [0.15, 0.2) is 6.20 Å². The lowest BCUT2D eigenvalue weighted by atomic mass is 10.1. The summed E-state index contributed by atoms with van der Waals surface area (Å²) in [6, 6.07) is 0.0249. The van der Waals surface area contributed by atoms with E-state index in [0.29, 0.717) is 0 Å². The number of sulfone groups is 1. The second-order valence-corrected chi connectivity index (χ2v) is 19.1. The molecule has 5 rings (SSSR count). The maximum atomic E-state index is 13.8. The van der Waals surface area contributed by atoms with Crippen molar-refractivity contribution in [2.45, 2.75) is 129 Å². The molecule has 18 heteroatoms. The lowest BCUT2D eigenvalue weighted by Crippen LogP contribution is -2.36. The molecule has 4 atom stereocenters. The maximum Gasteiger partial charge on any atom is 0.414 e. The van der Waals surface area contributed by atoms with E-state index in [9.17, 15) is 17.8 Å². The minimum atomic E-state index is -4.13. The molecular weight excluding hydrogens is 665 g/mol. The average Bonchev–Trinajstić information content (AvgIpc) is 3.61. The minimum Gasteiger partial charge on any atom is -0.390 e. The van der Waals surface area contributed by atoms with Crippen LogP contribution in [0.4, 0.5) is 4.79 Å². The monoisotopic (exact) mass is 707 g/mol. The molecule has 1 amide bonds. The van der Waals surface area contributed by atoms with E-state index in [4.69, 9.17) is 39.6 Å². The van der Waals surface area contributed by atoms with E-state index in [1.807, 2.05) is 0 Å². The third kappa shape index (κ3) is 8.56. The standard InChI is InChI=1S/C28H43ClN5O10PS/c1-26(2,3)43-45(36,44-27(4,5)6)15-46(37,38)14-18-19-20(42-28(7,8)41-19)23(39-18)34-21-17(13-30-34)22(33-24(29)32-21)40-25(35)31-16-11-9-10-12-16/h13,16,18-20,23H,9-12,14-15H2,1-8H3,(H,31,35)/t18-,19-,20-,23-/m1/s1. The Morgan fingerprint density at radius 2 is 1.70 bits per heavy atom. The molecule has 2 aromatic heterocycles. The van der Waals surface area contributed by atoms with Crippen LogP contribution in [0.2, 0.25) is 5.28 Å². The Labute approximate surface area is 273 Å². The fourth-order valence-corrected chi connectivity index (χ4v) is 11.3. The number of rotatable bonds is 9. The Balaban J connectivity index is 1.40. The summed E-state index contributed by atoms with van der Waals surface area (Å²) in [4.78, 5) is 21.0. The Morgan fingerprint density at radius 3 is 2.30 bits per heavy atom. The quantitative estimate of drug-likeness (QED) is 0.268. The highest BCUT2D eigenvalue weighted by atomic mass is 35.5. The van der Waals surface area contributed by atoms with Crippen molar-refractivity contribution in [3.63, 3.8) is 0 Å². The van der Waals surface area contributed by atoms with Gasteiger partial charge < -0.3 is 33.3 Å². The molecule has 1 aliphatic carbocycles. The van der Waals surface area contributed by atoms with Crippen molar-refractivity contribution >= 4 is 46.2 Å². The molecule has 46 heavy (non-hydrogen) atoms. The fourth-order valence-electron chi connectivity index (χ4n) is 5.93. The van der Waals surface area contributed by atoms with Gasteiger partial charge in [-0.3, -0.25) is 4.57 Å². The molecule has 1 N–H and O–H groups in total. The van der Waals surface area contributed by atoms with E-state index in [1.54, 1.807) is 55.4 Å². The molecule has 0 radical (unpaired) electrons. The number of ether oxygens (including phenoxy) is 4. The third-order valence-electron chi connectivity index (χ3n) is 7.22. The Bertz CT molecular complexity index is 1600. The molecule has 258 valence electrons. The van der Waals surface area contributed by atoms with Crippen LogP contribution in [0.3, 0.4) is 0 Å². The van der Waals surface area contributed by atoms with Crippen LogP contribution in [-0.4, -0.2) is 86.8 Å². The lowest BCUT2D eigenvalue weighted by Gasteiger charge is -2.32. The summed E-state index contributed by atoms with van der Waals surface area (Å²) < 4.78 is 77.9. The zero-order chi connectivity index (χ0) is 33.9. The number of nitrogens with one attached hydrogen (secondary N) is 1. The zero-order valence-electron chi connectivity index (χ0n) is 27.3. The van der Waals surface area contributed by atoms with Crippen molar-refractivity contribution in [3.05, 3.63) is 11.5 Å². The van der Waals surface area contributed by atoms with Gasteiger partial charge in [-0.25, -0.2) is 17.9 Å². The van der Waals surface area contributed by atoms with Gasteiger partial charge in [-0.05, 0) is 79.8 Å². The van der Waals surface area contributed by atoms with Crippen LogP contribution in [0.25, 0.3) is 11.0 Å². The second kappa shape index (κ2) is 12.5. The summed E-state index contributed by atoms with van der Waals surface area (Å²) in [5.74, 6) is -1.75. The second-order valence-electron chi connectivity index (χ2n) is 14.3. The summed E-state index contributed by atoms with van der Waals surface area (Å²) in [5, 5.41) is 7.32. The normalized spacial score (nSPS) is 25.7. The Morgan fingerprint density at radius 1 is 1.09 bits per heavy atom. The van der Waals surface area contributed by atoms with Gasteiger partial charge in [0.25, 0.3) is 0 Å². The lowest BCUT2D eigenvalue weighted by molar-refractivity contribution is -0.195. The van der Waals surface area contributed by atoms with E-state index >= 15 is 0 Å². The molecule has 2 aromatic rings. The van der Waals surface area contributed by atoms with E-state index in [-0.39, 0.29) is 28.2 Å². The predicted octanol–water partition coefficient (Wildman–Crippen LogP) is 5.12. The highest BCUT2D eigenvalue weighted by Crippen LogP contribution is 2.55. The van der Waals surface area contributed by atoms with Crippen LogP contribution in [0, 0.1) is 0 Å². The van der Waals surface area contributed by atoms with Crippen LogP contribution in [0.5, 0.6) is 5.88 Å². The number of fused-ring (bicyclic) bond motifs is 2. The number of amides is 1. The van der Waals surface area contributed by atoms with Crippen LogP contribution >= 0.6 is 19.2 Å². The highest BCUT2D eigenvalue weighted by molar-refractivity contribution is 7.97. The van der Waals surface area contributed by atoms with Crippen LogP contribution in [-0.2, 0) is 37.7 Å². The molecule has 0 spiro atoms. The fraction of sp³-hybridized carbons (Fsp3) is 0.786. The smallest absolute Gasteiger partial charge is 0.390 e. The minimum absolute atomic E-state index is 0.0249. The predicted molar refractivity (Wildman–Crippen MR) is 167 cm³/mol. The number of aromatic nitrogens is 4. The van der Waals surface area contributed by atoms with Gasteiger partial charge in [0.05, 0.1) is 23.2 Å². The van der Waals surface area contributed by atoms with E-state index in [1.165, 1.54) is 10.9 Å². The zero-order valence-corrected chi connectivity index (χ0v) is 29.8. The summed E-state index contributed by atoms with van der Waals surface area (Å²) in [5.41, 5.74) is -2.57. The van der Waals surface area contributed by atoms with Gasteiger partial charge in [0.15, 0.2) is 33.0 Å². The molecule has 2 aliphatic heterocycles. The first-order valence-electron chi connectivity index (χ1n) is 15.2. The first kappa shape index (κ1) is 35.4. The number of carbonyl (C=O) groups excluding carboxylic acids is 1. The number of hydrogen-bond acceptors (Lipinski definition) is 13. The Kier molecular flexibility index (Phi) is 9.63. The number of nitrogens with zero attached hydrogens (tertiary/aromatic N) is 4. The van der Waals surface area contributed by atoms with Crippen molar-refractivity contribution in [2.24, 2.45) is 0 Å². The molecule has 0 bridgehead atoms. The Hall–Kier alpha value is -1.91. The van der Waals surface area contributed by atoms with Gasteiger partial charge in [0.1, 0.15) is 23.7 Å². The van der Waals surface area contributed by atoms with Crippen molar-refractivity contribution in [3.8, 4) is 5.88 Å². The van der Waals surface area contributed by atoms with Gasteiger partial charge in [0, 0.05) is 6.04 Å². The number of hydrogen-bond donors (Lipinski definition) is 1.